The van der Waals surface area contributed by atoms with Crippen molar-refractivity contribution in [2.24, 2.45) is 5.92 Å². The standard InChI is InChI=1S/C15H23N3O3S/c1-15(2,3)21-14(20)18-8-5-11(6-9-18)12(19)17(4)13-16-7-10-22-13/h7,10-11H,5-6,8-9H2,1-4H3. The Labute approximate surface area is 135 Å². The topological polar surface area (TPSA) is 62.7 Å². The molecule has 122 valence electrons. The Morgan fingerprint density at radius 3 is 2.50 bits per heavy atom. The minimum atomic E-state index is -0.491. The zero-order valence-electron chi connectivity index (χ0n) is 13.5. The molecular weight excluding hydrogens is 302 g/mol. The second kappa shape index (κ2) is 6.64. The normalized spacial score (nSPS) is 16.5. The molecule has 0 N–H and O–H groups in total. The molecule has 0 atom stereocenters. The molecule has 0 aliphatic carbocycles. The maximum absolute atomic E-state index is 12.5. The molecule has 1 fully saturated rings. The highest BCUT2D eigenvalue weighted by atomic mass is 32.1. The maximum Gasteiger partial charge on any atom is 0.410 e. The van der Waals surface area contributed by atoms with Gasteiger partial charge in [-0.25, -0.2) is 9.78 Å². The van der Waals surface area contributed by atoms with Crippen LogP contribution in [0.3, 0.4) is 0 Å². The van der Waals surface area contributed by atoms with Crippen LogP contribution in [0.2, 0.25) is 0 Å². The van der Waals surface area contributed by atoms with Gasteiger partial charge in [-0.05, 0) is 33.6 Å². The molecule has 2 heterocycles. The van der Waals surface area contributed by atoms with E-state index in [9.17, 15) is 9.59 Å². The van der Waals surface area contributed by atoms with Crippen molar-refractivity contribution in [1.82, 2.24) is 9.88 Å². The Morgan fingerprint density at radius 2 is 2.00 bits per heavy atom. The van der Waals surface area contributed by atoms with Gasteiger partial charge in [-0.3, -0.25) is 9.69 Å². The average molecular weight is 325 g/mol. The van der Waals surface area contributed by atoms with Crippen LogP contribution in [-0.4, -0.2) is 47.6 Å². The lowest BCUT2D eigenvalue weighted by Gasteiger charge is -2.33. The Hall–Kier alpha value is -1.63. The van der Waals surface area contributed by atoms with E-state index in [0.717, 1.165) is 0 Å². The molecule has 1 aliphatic heterocycles. The van der Waals surface area contributed by atoms with Crippen molar-refractivity contribution in [1.29, 1.82) is 0 Å². The number of hydrogen-bond donors (Lipinski definition) is 0. The van der Waals surface area contributed by atoms with Crippen LogP contribution < -0.4 is 4.90 Å². The lowest BCUT2D eigenvalue weighted by molar-refractivity contribution is -0.123. The van der Waals surface area contributed by atoms with E-state index in [0.29, 0.717) is 31.1 Å². The highest BCUT2D eigenvalue weighted by Gasteiger charge is 2.31. The summed E-state index contributed by atoms with van der Waals surface area (Å²) < 4.78 is 5.36. The highest BCUT2D eigenvalue weighted by Crippen LogP contribution is 2.24. The van der Waals surface area contributed by atoms with Gasteiger partial charge in [0.05, 0.1) is 0 Å². The summed E-state index contributed by atoms with van der Waals surface area (Å²) in [7, 11) is 1.75. The zero-order valence-corrected chi connectivity index (χ0v) is 14.4. The van der Waals surface area contributed by atoms with Gasteiger partial charge in [0.2, 0.25) is 5.91 Å². The lowest BCUT2D eigenvalue weighted by Crippen LogP contribution is -2.45. The molecule has 1 aromatic heterocycles. The smallest absolute Gasteiger partial charge is 0.410 e. The summed E-state index contributed by atoms with van der Waals surface area (Å²) in [6.07, 6.45) is 2.71. The molecule has 0 spiro atoms. The first kappa shape index (κ1) is 16.7. The van der Waals surface area contributed by atoms with Gasteiger partial charge in [0.15, 0.2) is 5.13 Å². The van der Waals surface area contributed by atoms with Crippen molar-refractivity contribution in [2.45, 2.75) is 39.2 Å². The van der Waals surface area contributed by atoms with Crippen molar-refractivity contribution >= 4 is 28.5 Å². The van der Waals surface area contributed by atoms with Crippen LogP contribution in [0, 0.1) is 5.92 Å². The molecule has 1 saturated heterocycles. The molecule has 0 radical (unpaired) electrons. The molecule has 0 unspecified atom stereocenters. The minimum absolute atomic E-state index is 0.0624. The van der Waals surface area contributed by atoms with Crippen LogP contribution in [0.25, 0.3) is 0 Å². The molecule has 22 heavy (non-hydrogen) atoms. The molecule has 0 saturated carbocycles. The third-order valence-corrected chi connectivity index (χ3v) is 4.38. The van der Waals surface area contributed by atoms with E-state index in [-0.39, 0.29) is 17.9 Å². The van der Waals surface area contributed by atoms with Crippen LogP contribution in [-0.2, 0) is 9.53 Å². The average Bonchev–Trinajstić information content (AvgIpc) is 2.98. The van der Waals surface area contributed by atoms with Gasteiger partial charge in [-0.15, -0.1) is 11.3 Å². The number of piperidine rings is 1. The summed E-state index contributed by atoms with van der Waals surface area (Å²) in [5.41, 5.74) is -0.491. The van der Waals surface area contributed by atoms with E-state index >= 15 is 0 Å². The quantitative estimate of drug-likeness (QED) is 0.839. The molecule has 2 amide bonds. The van der Waals surface area contributed by atoms with Crippen molar-refractivity contribution in [2.75, 3.05) is 25.0 Å². The fraction of sp³-hybridized carbons (Fsp3) is 0.667. The Bertz CT molecular complexity index is 517. The Morgan fingerprint density at radius 1 is 1.36 bits per heavy atom. The molecule has 0 bridgehead atoms. The van der Waals surface area contributed by atoms with E-state index < -0.39 is 5.60 Å². The maximum atomic E-state index is 12.5. The fourth-order valence-corrected chi connectivity index (χ4v) is 3.00. The number of thiazole rings is 1. The third kappa shape index (κ3) is 4.19. The van der Waals surface area contributed by atoms with Gasteiger partial charge < -0.3 is 9.64 Å². The highest BCUT2D eigenvalue weighted by molar-refractivity contribution is 7.13. The number of ether oxygens (including phenoxy) is 1. The number of anilines is 1. The van der Waals surface area contributed by atoms with Gasteiger partial charge in [0, 0.05) is 37.6 Å². The van der Waals surface area contributed by atoms with Crippen molar-refractivity contribution in [3.63, 3.8) is 0 Å². The van der Waals surface area contributed by atoms with Crippen LogP contribution in [0.5, 0.6) is 0 Å². The summed E-state index contributed by atoms with van der Waals surface area (Å²) in [4.78, 5) is 31.9. The van der Waals surface area contributed by atoms with E-state index in [2.05, 4.69) is 4.98 Å². The number of amides is 2. The number of rotatable bonds is 2. The first-order valence-corrected chi connectivity index (χ1v) is 8.31. The molecule has 7 heteroatoms. The molecule has 6 nitrogen and oxygen atoms in total. The largest absolute Gasteiger partial charge is 0.444 e. The van der Waals surface area contributed by atoms with E-state index in [1.54, 1.807) is 23.0 Å². The summed E-state index contributed by atoms with van der Waals surface area (Å²) in [5, 5.41) is 2.56. The third-order valence-electron chi connectivity index (χ3n) is 3.53. The van der Waals surface area contributed by atoms with Crippen LogP contribution in [0.15, 0.2) is 11.6 Å². The van der Waals surface area contributed by atoms with Gasteiger partial charge in [-0.1, -0.05) is 0 Å². The van der Waals surface area contributed by atoms with E-state index in [1.165, 1.54) is 11.3 Å². The van der Waals surface area contributed by atoms with Crippen molar-refractivity contribution in [3.8, 4) is 0 Å². The van der Waals surface area contributed by atoms with E-state index in [1.807, 2.05) is 26.2 Å². The van der Waals surface area contributed by atoms with Gasteiger partial charge in [-0.2, -0.15) is 0 Å². The minimum Gasteiger partial charge on any atom is -0.444 e. The summed E-state index contributed by atoms with van der Waals surface area (Å²) in [6.45, 7) is 6.66. The number of aromatic nitrogens is 1. The lowest BCUT2D eigenvalue weighted by atomic mass is 9.96. The first-order chi connectivity index (χ1) is 10.3. The second-order valence-electron chi connectivity index (χ2n) is 6.45. The SMILES string of the molecule is CN(C(=O)C1CCN(C(=O)OC(C)(C)C)CC1)c1nccs1. The first-order valence-electron chi connectivity index (χ1n) is 7.43. The fourth-order valence-electron chi connectivity index (χ4n) is 2.39. The van der Waals surface area contributed by atoms with Gasteiger partial charge >= 0.3 is 6.09 Å². The molecule has 1 aliphatic rings. The van der Waals surface area contributed by atoms with Crippen LogP contribution >= 0.6 is 11.3 Å². The monoisotopic (exact) mass is 325 g/mol. The summed E-state index contributed by atoms with van der Waals surface area (Å²) in [6, 6.07) is 0. The number of carbonyl (C=O) groups excluding carboxylic acids is 2. The van der Waals surface area contributed by atoms with Crippen LogP contribution in [0.1, 0.15) is 33.6 Å². The number of nitrogens with zero attached hydrogens (tertiary/aromatic N) is 3. The predicted molar refractivity (Wildman–Crippen MR) is 86.1 cm³/mol. The molecule has 1 aromatic rings. The number of hydrogen-bond acceptors (Lipinski definition) is 5. The van der Waals surface area contributed by atoms with Crippen molar-refractivity contribution in [3.05, 3.63) is 11.6 Å². The summed E-state index contributed by atoms with van der Waals surface area (Å²) in [5.74, 6) is 0.00590. The Kier molecular flexibility index (Phi) is 5.05. The number of likely N-dealkylation sites (tertiary alicyclic amines) is 1. The van der Waals surface area contributed by atoms with Crippen LogP contribution in [0.4, 0.5) is 9.93 Å². The van der Waals surface area contributed by atoms with Crippen molar-refractivity contribution < 1.29 is 14.3 Å². The molecule has 2 rings (SSSR count). The second-order valence-corrected chi connectivity index (χ2v) is 7.33. The van der Waals surface area contributed by atoms with Gasteiger partial charge in [0.25, 0.3) is 0 Å². The predicted octanol–water partition coefficient (Wildman–Crippen LogP) is 2.75. The Balaban J connectivity index is 1.87. The molecular formula is C15H23N3O3S. The van der Waals surface area contributed by atoms with E-state index in [4.69, 9.17) is 4.74 Å². The van der Waals surface area contributed by atoms with Gasteiger partial charge in [0.1, 0.15) is 5.60 Å². The molecule has 0 aromatic carbocycles. The zero-order chi connectivity index (χ0) is 16.3. The number of carbonyl (C=O) groups is 2. The summed E-state index contributed by atoms with van der Waals surface area (Å²) >= 11 is 1.44.